The number of amides is 12. The highest BCUT2D eigenvalue weighted by Gasteiger charge is 2.45. The SMILES string of the molecule is C=C1C[C@@H]2NC(=O)[C@H]([C@@H](C)[C@@H](O)CO)NC(=O)[C@@H]3C[C@@H](O)CN3C(=O)[C@H](CC(N)=O)NC(=O)[C@H](Cc3c1ccc(O)c3CSCCNC(=O)CCCN1C(=O)C=CC1=O)NC(=O)CNC(=O)C([C@@H](C)CC)NC(=O)CNC2=O. The largest absolute Gasteiger partial charge is 0.508 e. The van der Waals surface area contributed by atoms with Crippen molar-refractivity contribution in [3.8, 4) is 5.75 Å². The van der Waals surface area contributed by atoms with E-state index in [2.05, 4.69) is 49.1 Å². The van der Waals surface area contributed by atoms with Gasteiger partial charge in [0.05, 0.1) is 38.3 Å². The number of phenolic OH excluding ortho intramolecular Hbond substituents is 1. The fourth-order valence-corrected chi connectivity index (χ4v) is 10.1. The Balaban J connectivity index is 1.63. The molecule has 12 amide bonds. The summed E-state index contributed by atoms with van der Waals surface area (Å²) in [6, 6.07) is -7.26. The number of hydrogen-bond acceptors (Lipinski definition) is 17. The molecule has 28 heteroatoms. The second-order valence-electron chi connectivity index (χ2n) is 19.5. The third kappa shape index (κ3) is 16.3. The summed E-state index contributed by atoms with van der Waals surface area (Å²) in [5.41, 5.74) is 6.06. The first kappa shape index (κ1) is 61.4. The maximum Gasteiger partial charge on any atom is 0.253 e. The number of benzene rings is 1. The van der Waals surface area contributed by atoms with Gasteiger partial charge in [0, 0.05) is 80.5 Å². The van der Waals surface area contributed by atoms with Crippen molar-refractivity contribution < 1.29 is 78.0 Å². The summed E-state index contributed by atoms with van der Waals surface area (Å²) in [6.45, 7) is 6.09. The van der Waals surface area contributed by atoms with Crippen molar-refractivity contribution >= 4 is 88.2 Å². The zero-order chi connectivity index (χ0) is 57.5. The van der Waals surface area contributed by atoms with E-state index in [-0.39, 0.29) is 71.4 Å². The Hall–Kier alpha value is -7.43. The van der Waals surface area contributed by atoms with Crippen molar-refractivity contribution in [1.82, 2.24) is 52.3 Å². The van der Waals surface area contributed by atoms with Crippen molar-refractivity contribution in [1.29, 1.82) is 0 Å². The molecule has 0 spiro atoms. The fraction of sp³-hybridized carbons (Fsp3) is 0.560. The number of aliphatic hydroxyl groups is 3. The maximum atomic E-state index is 14.8. The molecule has 10 atom stereocenters. The molecule has 14 N–H and O–H groups in total. The molecule has 4 aliphatic heterocycles. The first-order chi connectivity index (χ1) is 36.9. The number of rotatable bonds is 16. The molecule has 1 aromatic rings. The number of carbonyl (C=O) groups is 12. The van der Waals surface area contributed by atoms with Crippen LogP contribution >= 0.6 is 11.8 Å². The Bertz CT molecular complexity index is 2540. The summed E-state index contributed by atoms with van der Waals surface area (Å²) in [5.74, 6) is -12.5. The van der Waals surface area contributed by atoms with Crippen molar-refractivity contribution in [3.05, 3.63) is 47.6 Å². The van der Waals surface area contributed by atoms with Crippen LogP contribution in [0.25, 0.3) is 5.57 Å². The molecule has 0 radical (unpaired) electrons. The highest BCUT2D eigenvalue weighted by molar-refractivity contribution is 7.98. The molecule has 1 aromatic carbocycles. The number of imide groups is 1. The third-order valence-corrected chi connectivity index (χ3v) is 14.9. The second kappa shape index (κ2) is 28.3. The van der Waals surface area contributed by atoms with E-state index in [1.807, 2.05) is 0 Å². The lowest BCUT2D eigenvalue weighted by Crippen LogP contribution is -2.61. The number of aromatic hydroxyl groups is 1. The van der Waals surface area contributed by atoms with Crippen LogP contribution in [0, 0.1) is 11.8 Å². The van der Waals surface area contributed by atoms with Gasteiger partial charge >= 0.3 is 0 Å². The Morgan fingerprint density at radius 3 is 2.15 bits per heavy atom. The van der Waals surface area contributed by atoms with Crippen LogP contribution in [0.3, 0.4) is 0 Å². The topological polar surface area (TPSA) is 414 Å². The molecule has 0 aromatic heterocycles. The number of hydrogen-bond donors (Lipinski definition) is 13. The lowest BCUT2D eigenvalue weighted by molar-refractivity contribution is -0.144. The van der Waals surface area contributed by atoms with Gasteiger partial charge in [-0.3, -0.25) is 62.4 Å². The molecule has 1 fully saturated rings. The van der Waals surface area contributed by atoms with Crippen LogP contribution in [0.1, 0.15) is 76.0 Å². The number of phenols is 1. The number of nitrogens with zero attached hydrogens (tertiary/aromatic N) is 2. The van der Waals surface area contributed by atoms with Gasteiger partial charge in [-0.2, -0.15) is 11.8 Å². The second-order valence-corrected chi connectivity index (χ2v) is 20.6. The van der Waals surface area contributed by atoms with Gasteiger partial charge in [-0.1, -0.05) is 39.8 Å². The predicted octanol–water partition coefficient (Wildman–Crippen LogP) is -5.05. The number of carbonyl (C=O) groups excluding carboxylic acids is 12. The molecular formula is C50H69N11O16S. The van der Waals surface area contributed by atoms with Crippen LogP contribution in [0.2, 0.25) is 0 Å². The average molecular weight is 1110 g/mol. The van der Waals surface area contributed by atoms with Crippen molar-refractivity contribution in [3.63, 3.8) is 0 Å². The standard InChI is InChI=1S/C50H69N11O16S/c1-5-24(2)43-48(75)54-19-39(68)55-32-17-29-28(8-9-35(64)30(29)23-78-14-12-52-38(67)7-6-13-60-41(70)10-11-42(60)71)25(3)15-31(45(72)53-20-40(69)58-43)56-49(76)44(26(4)36(65)22-62)59-47(74)34-16-27(63)21-61(34)50(77)33(18-37(51)66)57-46(32)73/h8-11,24,26-27,31-34,36,43-44,62-65H,3,5-7,12-23H2,1-2,4H3,(H2,51,66)(H,52,67)(H,53,72)(H,54,75)(H,55,68)(H,56,76)(H,57,73)(H,58,69)(H,59,74)/t24-,26-,27+,31-,32-,33-,34-,36-,43?,44-/m0/s1. The van der Waals surface area contributed by atoms with Gasteiger partial charge in [-0.15, -0.1) is 0 Å². The summed E-state index contributed by atoms with van der Waals surface area (Å²) in [5, 5.41) is 63.4. The van der Waals surface area contributed by atoms with Crippen LogP contribution < -0.4 is 48.3 Å². The summed E-state index contributed by atoms with van der Waals surface area (Å²) in [4.78, 5) is 164. The molecule has 0 saturated carbocycles. The predicted molar refractivity (Wildman–Crippen MR) is 277 cm³/mol. The van der Waals surface area contributed by atoms with Crippen molar-refractivity contribution in [2.75, 3.05) is 45.1 Å². The van der Waals surface area contributed by atoms with Gasteiger partial charge in [-0.05, 0) is 35.1 Å². The number of nitrogens with two attached hydrogens (primary N) is 1. The van der Waals surface area contributed by atoms with Crippen LogP contribution in [-0.4, -0.2) is 195 Å². The molecule has 0 aliphatic carbocycles. The minimum absolute atomic E-state index is 0.00776. The van der Waals surface area contributed by atoms with Crippen LogP contribution in [-0.2, 0) is 69.7 Å². The van der Waals surface area contributed by atoms with E-state index in [4.69, 9.17) is 5.73 Å². The molecule has 2 bridgehead atoms. The zero-order valence-electron chi connectivity index (χ0n) is 43.5. The van der Waals surface area contributed by atoms with Crippen LogP contribution in [0.4, 0.5) is 0 Å². The highest BCUT2D eigenvalue weighted by atomic mass is 32.2. The van der Waals surface area contributed by atoms with Gasteiger partial charge in [0.2, 0.25) is 59.1 Å². The average Bonchev–Trinajstić information content (AvgIpc) is 3.97. The van der Waals surface area contributed by atoms with Crippen LogP contribution in [0.5, 0.6) is 5.75 Å². The van der Waals surface area contributed by atoms with Gasteiger partial charge < -0.3 is 73.6 Å². The van der Waals surface area contributed by atoms with Gasteiger partial charge in [0.25, 0.3) is 11.8 Å². The van der Waals surface area contributed by atoms with Gasteiger partial charge in [0.1, 0.15) is 42.0 Å². The number of nitrogens with one attached hydrogen (secondary N) is 8. The van der Waals surface area contributed by atoms with E-state index in [0.29, 0.717) is 6.42 Å². The van der Waals surface area contributed by atoms with Gasteiger partial charge in [0.15, 0.2) is 0 Å². The Morgan fingerprint density at radius 2 is 1.50 bits per heavy atom. The monoisotopic (exact) mass is 1110 g/mol. The molecule has 1 saturated heterocycles. The lowest BCUT2D eigenvalue weighted by atomic mass is 9.88. The molecule has 78 heavy (non-hydrogen) atoms. The summed E-state index contributed by atoms with van der Waals surface area (Å²) >= 11 is 1.20. The van der Waals surface area contributed by atoms with Crippen molar-refractivity contribution in [2.24, 2.45) is 17.6 Å². The molecule has 27 nitrogen and oxygen atoms in total. The third-order valence-electron chi connectivity index (χ3n) is 13.9. The summed E-state index contributed by atoms with van der Waals surface area (Å²) in [7, 11) is 0. The molecular weight excluding hydrogens is 1040 g/mol. The minimum atomic E-state index is -1.86. The maximum absolute atomic E-state index is 14.8. The molecule has 1 unspecified atom stereocenters. The molecule has 4 heterocycles. The van der Waals surface area contributed by atoms with E-state index in [0.717, 1.165) is 22.0 Å². The quantitative estimate of drug-likeness (QED) is 0.0544. The Labute approximate surface area is 453 Å². The lowest BCUT2D eigenvalue weighted by Gasteiger charge is -2.33. The first-order valence-electron chi connectivity index (χ1n) is 25.4. The smallest absolute Gasteiger partial charge is 0.253 e. The van der Waals surface area contributed by atoms with E-state index in [1.165, 1.54) is 30.8 Å². The summed E-state index contributed by atoms with van der Waals surface area (Å²) < 4.78 is 0. The number of aliphatic hydroxyl groups excluding tert-OH is 3. The Kier molecular flexibility index (Phi) is 22.3. The van der Waals surface area contributed by atoms with E-state index in [9.17, 15) is 78.0 Å². The van der Waals surface area contributed by atoms with E-state index >= 15 is 0 Å². The minimum Gasteiger partial charge on any atom is -0.508 e. The zero-order valence-corrected chi connectivity index (χ0v) is 44.3. The number of primary amides is 1. The van der Waals surface area contributed by atoms with Crippen molar-refractivity contribution in [2.45, 2.75) is 120 Å². The van der Waals surface area contributed by atoms with Gasteiger partial charge in [-0.25, -0.2) is 0 Å². The number of thioether (sulfide) groups is 1. The fourth-order valence-electron chi connectivity index (χ4n) is 9.21. The van der Waals surface area contributed by atoms with E-state index < -0.39 is 177 Å². The summed E-state index contributed by atoms with van der Waals surface area (Å²) in [6.07, 6.45) is -2.55. The molecule has 5 rings (SSSR count). The first-order valence-corrected chi connectivity index (χ1v) is 26.6. The van der Waals surface area contributed by atoms with Crippen LogP contribution in [0.15, 0.2) is 30.9 Å². The number of fused-ring (bicyclic) bond motifs is 4. The molecule has 4 aliphatic rings. The highest BCUT2D eigenvalue weighted by Crippen LogP contribution is 2.34. The Morgan fingerprint density at radius 1 is 0.846 bits per heavy atom. The van der Waals surface area contributed by atoms with E-state index in [1.54, 1.807) is 13.8 Å². The normalized spacial score (nSPS) is 25.3. The molecule has 426 valence electrons.